The van der Waals surface area contributed by atoms with Crippen LogP contribution in [0.2, 0.25) is 0 Å². The number of nitrogens with one attached hydrogen (secondary N) is 2. The summed E-state index contributed by atoms with van der Waals surface area (Å²) in [7, 11) is 1.59. The first-order valence-corrected chi connectivity index (χ1v) is 13.0. The number of aromatic nitrogens is 3. The van der Waals surface area contributed by atoms with Gasteiger partial charge in [0.1, 0.15) is 5.75 Å². The van der Waals surface area contributed by atoms with E-state index < -0.39 is 0 Å². The number of hydrazone groups is 1. The molecule has 8 nitrogen and oxygen atoms in total. The summed E-state index contributed by atoms with van der Waals surface area (Å²) in [5, 5.41) is 19.3. The van der Waals surface area contributed by atoms with Crippen LogP contribution in [0, 0.1) is 0 Å². The van der Waals surface area contributed by atoms with Crippen molar-refractivity contribution in [2.75, 3.05) is 18.2 Å². The van der Waals surface area contributed by atoms with Gasteiger partial charge in [-0.2, -0.15) is 5.10 Å². The Labute approximate surface area is 224 Å². The first-order chi connectivity index (χ1) is 18.7. The second-order valence-corrected chi connectivity index (χ2v) is 9.22. The molecule has 0 saturated heterocycles. The molecule has 1 heterocycles. The van der Waals surface area contributed by atoms with E-state index in [2.05, 4.69) is 50.3 Å². The Balaban J connectivity index is 1.29. The normalized spacial score (nSPS) is 11.1. The summed E-state index contributed by atoms with van der Waals surface area (Å²) in [6.07, 6.45) is 1.56. The molecule has 0 atom stereocenters. The standard InChI is InChI=1S/C29H26N6O2S/c1-37-26-17-8-6-11-22(26)18-31-33-28(36)20-38-29-34-32-27(35(29)23-13-3-2-4-14-23)19-30-25-16-9-12-21-10-5-7-15-24(21)25/h2-18,30H,19-20H2,1H3,(H,33,36)/b31-18+. The van der Waals surface area contributed by atoms with Crippen molar-refractivity contribution in [2.45, 2.75) is 11.7 Å². The Morgan fingerprint density at radius 3 is 2.58 bits per heavy atom. The van der Waals surface area contributed by atoms with Gasteiger partial charge in [-0.15, -0.1) is 10.2 Å². The lowest BCUT2D eigenvalue weighted by molar-refractivity contribution is -0.118. The van der Waals surface area contributed by atoms with E-state index in [0.29, 0.717) is 17.5 Å². The zero-order chi connectivity index (χ0) is 26.2. The number of para-hydroxylation sites is 2. The molecule has 1 amide bonds. The van der Waals surface area contributed by atoms with E-state index in [0.717, 1.165) is 33.5 Å². The van der Waals surface area contributed by atoms with Crippen LogP contribution in [0.4, 0.5) is 5.69 Å². The number of ether oxygens (including phenoxy) is 1. The first kappa shape index (κ1) is 25.0. The van der Waals surface area contributed by atoms with Gasteiger partial charge in [-0.05, 0) is 35.7 Å². The van der Waals surface area contributed by atoms with E-state index in [9.17, 15) is 4.79 Å². The third-order valence-electron chi connectivity index (χ3n) is 5.81. The lowest BCUT2D eigenvalue weighted by Gasteiger charge is -2.12. The summed E-state index contributed by atoms with van der Waals surface area (Å²) in [5.74, 6) is 1.30. The van der Waals surface area contributed by atoms with Gasteiger partial charge in [0.25, 0.3) is 5.91 Å². The van der Waals surface area contributed by atoms with Crippen LogP contribution in [0.15, 0.2) is 107 Å². The maximum Gasteiger partial charge on any atom is 0.250 e. The number of rotatable bonds is 10. The average molecular weight is 523 g/mol. The van der Waals surface area contributed by atoms with Crippen molar-refractivity contribution in [1.82, 2.24) is 20.2 Å². The molecule has 1 aromatic heterocycles. The number of thioether (sulfide) groups is 1. The summed E-state index contributed by atoms with van der Waals surface area (Å²) in [6.45, 7) is 0.464. The van der Waals surface area contributed by atoms with E-state index in [1.54, 1.807) is 13.3 Å². The molecule has 0 aliphatic carbocycles. The fourth-order valence-electron chi connectivity index (χ4n) is 4.01. The van der Waals surface area contributed by atoms with Crippen LogP contribution in [-0.4, -0.2) is 39.7 Å². The maximum atomic E-state index is 12.5. The number of benzene rings is 4. The third kappa shape index (κ3) is 5.84. The van der Waals surface area contributed by atoms with Crippen LogP contribution >= 0.6 is 11.8 Å². The molecule has 0 bridgehead atoms. The van der Waals surface area contributed by atoms with E-state index in [-0.39, 0.29) is 11.7 Å². The largest absolute Gasteiger partial charge is 0.496 e. The van der Waals surface area contributed by atoms with E-state index in [4.69, 9.17) is 4.74 Å². The average Bonchev–Trinajstić information content (AvgIpc) is 3.38. The van der Waals surface area contributed by atoms with E-state index >= 15 is 0 Å². The molecule has 0 unspecified atom stereocenters. The van der Waals surface area contributed by atoms with Gasteiger partial charge in [-0.25, -0.2) is 5.43 Å². The first-order valence-electron chi connectivity index (χ1n) is 12.0. The SMILES string of the molecule is COc1ccccc1/C=N/NC(=O)CSc1nnc(CNc2cccc3ccccc23)n1-c1ccccc1. The number of anilines is 1. The number of fused-ring (bicyclic) bond motifs is 1. The predicted octanol–water partition coefficient (Wildman–Crippen LogP) is 5.28. The molecule has 0 spiro atoms. The highest BCUT2D eigenvalue weighted by Crippen LogP contribution is 2.25. The molecule has 0 saturated carbocycles. The number of hydrogen-bond donors (Lipinski definition) is 2. The Bertz CT molecular complexity index is 1560. The molecule has 5 aromatic rings. The number of carbonyl (C=O) groups is 1. The molecule has 0 fully saturated rings. The topological polar surface area (TPSA) is 93.4 Å². The van der Waals surface area contributed by atoms with Gasteiger partial charge in [0.05, 0.1) is 25.6 Å². The molecule has 0 aliphatic rings. The zero-order valence-electron chi connectivity index (χ0n) is 20.7. The smallest absolute Gasteiger partial charge is 0.250 e. The van der Waals surface area contributed by atoms with E-state index in [1.165, 1.54) is 11.8 Å². The van der Waals surface area contributed by atoms with Gasteiger partial charge in [-0.1, -0.05) is 78.5 Å². The van der Waals surface area contributed by atoms with Gasteiger partial charge in [0.2, 0.25) is 0 Å². The lowest BCUT2D eigenvalue weighted by atomic mass is 10.1. The van der Waals surface area contributed by atoms with Gasteiger partial charge in [0.15, 0.2) is 11.0 Å². The summed E-state index contributed by atoms with van der Waals surface area (Å²) < 4.78 is 7.27. The monoisotopic (exact) mass is 522 g/mol. The molecule has 38 heavy (non-hydrogen) atoms. The number of nitrogens with zero attached hydrogens (tertiary/aromatic N) is 4. The van der Waals surface area contributed by atoms with Crippen LogP contribution in [0.1, 0.15) is 11.4 Å². The Hall–Kier alpha value is -4.63. The van der Waals surface area contributed by atoms with Gasteiger partial charge < -0.3 is 10.1 Å². The van der Waals surface area contributed by atoms with Crippen molar-refractivity contribution >= 4 is 40.3 Å². The molecule has 5 rings (SSSR count). The molecule has 190 valence electrons. The quantitative estimate of drug-likeness (QED) is 0.147. The van der Waals surface area contributed by atoms with Crippen molar-refractivity contribution < 1.29 is 9.53 Å². The Kier molecular flexibility index (Phi) is 7.95. The predicted molar refractivity (Wildman–Crippen MR) is 152 cm³/mol. The van der Waals surface area contributed by atoms with Crippen LogP contribution < -0.4 is 15.5 Å². The number of amides is 1. The summed E-state index contributed by atoms with van der Waals surface area (Å²) >= 11 is 1.30. The van der Waals surface area contributed by atoms with Crippen molar-refractivity contribution in [3.63, 3.8) is 0 Å². The molecule has 0 aliphatic heterocycles. The molecule has 2 N–H and O–H groups in total. The molecule has 9 heteroatoms. The summed E-state index contributed by atoms with van der Waals surface area (Å²) in [4.78, 5) is 12.5. The van der Waals surface area contributed by atoms with Crippen LogP contribution in [0.3, 0.4) is 0 Å². The molecule has 4 aromatic carbocycles. The molecular formula is C29H26N6O2S. The Morgan fingerprint density at radius 1 is 0.947 bits per heavy atom. The Morgan fingerprint density at radius 2 is 1.71 bits per heavy atom. The minimum Gasteiger partial charge on any atom is -0.496 e. The fraction of sp³-hybridized carbons (Fsp3) is 0.103. The second kappa shape index (κ2) is 12.1. The third-order valence-corrected chi connectivity index (χ3v) is 6.73. The van der Waals surface area contributed by atoms with E-state index in [1.807, 2.05) is 77.4 Å². The highest BCUT2D eigenvalue weighted by Gasteiger charge is 2.16. The number of methoxy groups -OCH3 is 1. The van der Waals surface area contributed by atoms with Crippen molar-refractivity contribution in [1.29, 1.82) is 0 Å². The van der Waals surface area contributed by atoms with Gasteiger partial charge >= 0.3 is 0 Å². The zero-order valence-corrected chi connectivity index (χ0v) is 21.6. The summed E-state index contributed by atoms with van der Waals surface area (Å²) in [6, 6.07) is 31.7. The number of carbonyl (C=O) groups excluding carboxylic acids is 1. The van der Waals surface area contributed by atoms with Gasteiger partial charge in [-0.3, -0.25) is 9.36 Å². The number of hydrogen-bond acceptors (Lipinski definition) is 7. The van der Waals surface area contributed by atoms with Crippen LogP contribution in [0.25, 0.3) is 16.5 Å². The minimum absolute atomic E-state index is 0.130. The lowest BCUT2D eigenvalue weighted by Crippen LogP contribution is -2.20. The van der Waals surface area contributed by atoms with Crippen molar-refractivity contribution in [3.8, 4) is 11.4 Å². The summed E-state index contributed by atoms with van der Waals surface area (Å²) in [5.41, 5.74) is 5.28. The van der Waals surface area contributed by atoms with Crippen LogP contribution in [0.5, 0.6) is 5.75 Å². The second-order valence-electron chi connectivity index (χ2n) is 8.27. The maximum absolute atomic E-state index is 12.5. The minimum atomic E-state index is -0.251. The van der Waals surface area contributed by atoms with Crippen molar-refractivity contribution in [2.24, 2.45) is 5.10 Å². The fourth-order valence-corrected chi connectivity index (χ4v) is 4.77. The highest BCUT2D eigenvalue weighted by atomic mass is 32.2. The molecular weight excluding hydrogens is 496 g/mol. The molecule has 0 radical (unpaired) electrons. The van der Waals surface area contributed by atoms with Gasteiger partial charge in [0, 0.05) is 22.3 Å². The van der Waals surface area contributed by atoms with Crippen molar-refractivity contribution in [3.05, 3.63) is 108 Å². The highest BCUT2D eigenvalue weighted by molar-refractivity contribution is 7.99. The van der Waals surface area contributed by atoms with Crippen LogP contribution in [-0.2, 0) is 11.3 Å².